The van der Waals surface area contributed by atoms with E-state index in [0.29, 0.717) is 12.8 Å². The molecular weight excluding hydrogens is 620 g/mol. The van der Waals surface area contributed by atoms with Crippen LogP contribution in [0, 0.1) is 0 Å². The van der Waals surface area contributed by atoms with Crippen LogP contribution in [0.2, 0.25) is 0 Å². The molecule has 1 aliphatic rings. The van der Waals surface area contributed by atoms with E-state index >= 15 is 0 Å². The molecular formula is C33H60O12S. The lowest BCUT2D eigenvalue weighted by Crippen LogP contribution is -2.60. The van der Waals surface area contributed by atoms with Crippen molar-refractivity contribution >= 4 is 22.1 Å². The van der Waals surface area contributed by atoms with Gasteiger partial charge in [-0.2, -0.15) is 8.42 Å². The maximum absolute atomic E-state index is 12.6. The van der Waals surface area contributed by atoms with E-state index in [9.17, 15) is 33.3 Å². The van der Waals surface area contributed by atoms with Crippen LogP contribution in [0.1, 0.15) is 129 Å². The van der Waals surface area contributed by atoms with Crippen LogP contribution in [-0.2, 0) is 38.7 Å². The van der Waals surface area contributed by atoms with E-state index in [0.717, 1.165) is 70.6 Å². The fourth-order valence-electron chi connectivity index (χ4n) is 5.07. The Kier molecular flexibility index (Phi) is 23.4. The quantitative estimate of drug-likeness (QED) is 0.0404. The maximum atomic E-state index is 12.6. The normalized spacial score (nSPS) is 22.6. The fraction of sp³-hybridized carbons (Fsp3) is 0.879. The Morgan fingerprint density at radius 1 is 0.717 bits per heavy atom. The van der Waals surface area contributed by atoms with Crippen LogP contribution in [0.15, 0.2) is 12.2 Å². The molecule has 6 atom stereocenters. The average molecular weight is 681 g/mol. The van der Waals surface area contributed by atoms with Crippen LogP contribution >= 0.6 is 0 Å². The van der Waals surface area contributed by atoms with Crippen LogP contribution in [0.4, 0.5) is 0 Å². The lowest BCUT2D eigenvalue weighted by atomic mass is 10.00. The van der Waals surface area contributed by atoms with Gasteiger partial charge in [-0.3, -0.25) is 14.1 Å². The summed E-state index contributed by atoms with van der Waals surface area (Å²) in [5, 5.41) is 30.6. The number of aliphatic hydroxyl groups is 3. The first-order valence-electron chi connectivity index (χ1n) is 17.2. The highest BCUT2D eigenvalue weighted by atomic mass is 32.2. The molecule has 0 saturated carbocycles. The van der Waals surface area contributed by atoms with Gasteiger partial charge in [0.05, 0.1) is 6.61 Å². The third-order valence-electron chi connectivity index (χ3n) is 7.85. The highest BCUT2D eigenvalue weighted by molar-refractivity contribution is 7.85. The number of unbranched alkanes of at least 4 members (excludes halogenated alkanes) is 13. The molecule has 46 heavy (non-hydrogen) atoms. The summed E-state index contributed by atoms with van der Waals surface area (Å²) in [5.41, 5.74) is 0. The van der Waals surface area contributed by atoms with E-state index < -0.39 is 71.2 Å². The Morgan fingerprint density at radius 3 is 1.87 bits per heavy atom. The van der Waals surface area contributed by atoms with Crippen molar-refractivity contribution in [3.8, 4) is 0 Å². The average Bonchev–Trinajstić information content (AvgIpc) is 3.00. The van der Waals surface area contributed by atoms with E-state index in [2.05, 4.69) is 26.0 Å². The summed E-state index contributed by atoms with van der Waals surface area (Å²) in [6.07, 6.45) is 11.7. The second-order valence-electron chi connectivity index (χ2n) is 12.2. The minimum absolute atomic E-state index is 0.163. The molecule has 1 fully saturated rings. The van der Waals surface area contributed by atoms with Crippen LogP contribution in [0.5, 0.6) is 0 Å². The number of carbonyl (C=O) groups excluding carboxylic acids is 2. The molecule has 12 nitrogen and oxygen atoms in total. The van der Waals surface area contributed by atoms with Crippen LogP contribution in [0.3, 0.4) is 0 Å². The van der Waals surface area contributed by atoms with Crippen LogP contribution in [-0.4, -0.2) is 96.0 Å². The number of hydrogen-bond donors (Lipinski definition) is 4. The molecule has 0 aliphatic carbocycles. The minimum Gasteiger partial charge on any atom is -0.462 e. The molecule has 0 bridgehead atoms. The Morgan fingerprint density at radius 2 is 1.26 bits per heavy atom. The SMILES string of the molecule is CCCC/C=C/CCCCCCCC(=O)OC[C@H](CO[C@H]1O[C@H](CS(=O)(=O)O)[C@@H](O)C(O)C1O)OC(=O)CCCCCCCCC. The number of rotatable bonds is 27. The Hall–Kier alpha value is -1.61. The van der Waals surface area contributed by atoms with Gasteiger partial charge in [0.1, 0.15) is 36.8 Å². The number of hydrogen-bond acceptors (Lipinski definition) is 11. The van der Waals surface area contributed by atoms with Crippen molar-refractivity contribution in [1.29, 1.82) is 0 Å². The van der Waals surface area contributed by atoms with Gasteiger partial charge in [0.25, 0.3) is 10.1 Å². The molecule has 0 aromatic carbocycles. The monoisotopic (exact) mass is 680 g/mol. The first-order valence-corrected chi connectivity index (χ1v) is 18.9. The highest BCUT2D eigenvalue weighted by Gasteiger charge is 2.46. The molecule has 0 aromatic heterocycles. The maximum Gasteiger partial charge on any atom is 0.306 e. The van der Waals surface area contributed by atoms with Gasteiger partial charge in [0, 0.05) is 12.8 Å². The number of aliphatic hydroxyl groups excluding tert-OH is 3. The Labute approximate surface area is 276 Å². The smallest absolute Gasteiger partial charge is 0.306 e. The standard InChI is InChI=1S/C33H60O12S/c1-3-5-7-9-11-12-13-14-16-17-19-21-28(34)42-23-26(44-29(35)22-20-18-15-10-8-6-4-2)24-43-33-32(38)31(37)30(36)27(45-33)25-46(39,40)41/h9,11,26-27,30-33,36-38H,3-8,10,12-25H2,1-2H3,(H,39,40,41)/b11-9+/t26-,27-,30-,31?,32?,33+/m1/s1. The number of carbonyl (C=O) groups is 2. The third-order valence-corrected chi connectivity index (χ3v) is 8.60. The zero-order valence-corrected chi connectivity index (χ0v) is 28.7. The van der Waals surface area contributed by atoms with Gasteiger partial charge in [-0.25, -0.2) is 0 Å². The first-order chi connectivity index (χ1) is 22.0. The molecule has 1 rings (SSSR count). The topological polar surface area (TPSA) is 186 Å². The number of ether oxygens (including phenoxy) is 4. The summed E-state index contributed by atoms with van der Waals surface area (Å²) in [7, 11) is -4.59. The van der Waals surface area contributed by atoms with Gasteiger partial charge >= 0.3 is 11.9 Å². The van der Waals surface area contributed by atoms with Gasteiger partial charge in [0.2, 0.25) is 0 Å². The van der Waals surface area contributed by atoms with Crippen LogP contribution < -0.4 is 0 Å². The summed E-state index contributed by atoms with van der Waals surface area (Å²) in [4.78, 5) is 25.0. The molecule has 0 aromatic rings. The van der Waals surface area contributed by atoms with E-state index in [1.165, 1.54) is 19.3 Å². The van der Waals surface area contributed by atoms with E-state index in [1.54, 1.807) is 0 Å². The van der Waals surface area contributed by atoms with Gasteiger partial charge in [-0.05, 0) is 32.1 Å². The van der Waals surface area contributed by atoms with Crippen molar-refractivity contribution in [2.75, 3.05) is 19.0 Å². The van der Waals surface area contributed by atoms with Crippen molar-refractivity contribution in [2.45, 2.75) is 166 Å². The van der Waals surface area contributed by atoms with Crippen molar-refractivity contribution in [1.82, 2.24) is 0 Å². The van der Waals surface area contributed by atoms with E-state index in [-0.39, 0.29) is 19.4 Å². The van der Waals surface area contributed by atoms with E-state index in [4.69, 9.17) is 23.5 Å². The van der Waals surface area contributed by atoms with E-state index in [1.807, 2.05) is 0 Å². The summed E-state index contributed by atoms with van der Waals surface area (Å²) in [6, 6.07) is 0. The lowest BCUT2D eigenvalue weighted by Gasteiger charge is -2.40. The second kappa shape index (κ2) is 25.4. The molecule has 1 aliphatic heterocycles. The van der Waals surface area contributed by atoms with Crippen molar-refractivity contribution in [3.63, 3.8) is 0 Å². The second-order valence-corrected chi connectivity index (χ2v) is 13.7. The molecule has 0 spiro atoms. The van der Waals surface area contributed by atoms with Gasteiger partial charge in [-0.15, -0.1) is 0 Å². The molecule has 1 saturated heterocycles. The third kappa shape index (κ3) is 20.6. The summed E-state index contributed by atoms with van der Waals surface area (Å²) in [5.74, 6) is -2.00. The van der Waals surface area contributed by atoms with Gasteiger partial charge in [-0.1, -0.05) is 96.6 Å². The molecule has 1 heterocycles. The van der Waals surface area contributed by atoms with Crippen molar-refractivity contribution < 1.29 is 56.8 Å². The molecule has 0 amide bonds. The Bertz CT molecular complexity index is 941. The Balaban J connectivity index is 2.57. The number of allylic oxidation sites excluding steroid dienone is 2. The predicted molar refractivity (Wildman–Crippen MR) is 173 cm³/mol. The fourth-order valence-corrected chi connectivity index (χ4v) is 5.76. The molecule has 2 unspecified atom stereocenters. The van der Waals surface area contributed by atoms with Crippen molar-refractivity contribution in [2.24, 2.45) is 0 Å². The zero-order chi connectivity index (χ0) is 34.2. The zero-order valence-electron chi connectivity index (χ0n) is 27.9. The first kappa shape index (κ1) is 42.4. The summed E-state index contributed by atoms with van der Waals surface area (Å²) in [6.45, 7) is 3.60. The van der Waals surface area contributed by atoms with Crippen LogP contribution in [0.25, 0.3) is 0 Å². The predicted octanol–water partition coefficient (Wildman–Crippen LogP) is 4.77. The highest BCUT2D eigenvalue weighted by Crippen LogP contribution is 2.24. The lowest BCUT2D eigenvalue weighted by molar-refractivity contribution is -0.297. The van der Waals surface area contributed by atoms with Gasteiger partial charge < -0.3 is 34.3 Å². The largest absolute Gasteiger partial charge is 0.462 e. The molecule has 0 radical (unpaired) electrons. The van der Waals surface area contributed by atoms with Crippen molar-refractivity contribution in [3.05, 3.63) is 12.2 Å². The molecule has 270 valence electrons. The summed E-state index contributed by atoms with van der Waals surface area (Å²) < 4.78 is 53.5. The number of esters is 2. The van der Waals surface area contributed by atoms with Gasteiger partial charge in [0.15, 0.2) is 12.4 Å². The molecule has 4 N–H and O–H groups in total. The minimum atomic E-state index is -4.59. The molecule has 13 heteroatoms. The summed E-state index contributed by atoms with van der Waals surface area (Å²) >= 11 is 0.